The molecule has 0 aromatic carbocycles. The van der Waals surface area contributed by atoms with E-state index in [0.29, 0.717) is 12.2 Å². The quantitative estimate of drug-likeness (QED) is 0.786. The van der Waals surface area contributed by atoms with E-state index in [2.05, 4.69) is 34.4 Å². The van der Waals surface area contributed by atoms with Crippen LogP contribution in [0.3, 0.4) is 0 Å². The summed E-state index contributed by atoms with van der Waals surface area (Å²) in [6.45, 7) is 9.84. The van der Waals surface area contributed by atoms with Gasteiger partial charge in [-0.15, -0.1) is 0 Å². The normalized spacial score (nSPS) is 13.9. The van der Waals surface area contributed by atoms with E-state index >= 15 is 0 Å². The van der Waals surface area contributed by atoms with E-state index in [0.717, 1.165) is 51.5 Å². The van der Waals surface area contributed by atoms with Gasteiger partial charge in [-0.2, -0.15) is 0 Å². The molecular weight excluding hydrogens is 254 g/mol. The zero-order chi connectivity index (χ0) is 14.4. The number of amides is 1. The van der Waals surface area contributed by atoms with Crippen LogP contribution in [0.15, 0.2) is 6.20 Å². The maximum atomic E-state index is 12.1. The zero-order valence-electron chi connectivity index (χ0n) is 12.5. The molecule has 1 aliphatic heterocycles. The Balaban J connectivity index is 1.81. The second-order valence-corrected chi connectivity index (χ2v) is 5.11. The summed E-state index contributed by atoms with van der Waals surface area (Å²) in [5.41, 5.74) is 0.507. The van der Waals surface area contributed by atoms with Crippen molar-refractivity contribution in [3.63, 3.8) is 0 Å². The first-order chi connectivity index (χ1) is 9.74. The molecule has 1 aromatic rings. The number of hydrogen-bond acceptors (Lipinski definition) is 4. The molecule has 1 aliphatic rings. The van der Waals surface area contributed by atoms with Crippen LogP contribution in [0.1, 0.15) is 37.2 Å². The van der Waals surface area contributed by atoms with Crippen LogP contribution >= 0.6 is 0 Å². The van der Waals surface area contributed by atoms with Crippen LogP contribution in [0.4, 0.5) is 5.95 Å². The van der Waals surface area contributed by atoms with Gasteiger partial charge in [0.15, 0.2) is 0 Å². The molecule has 20 heavy (non-hydrogen) atoms. The number of aromatic nitrogens is 2. The van der Waals surface area contributed by atoms with Crippen LogP contribution in [-0.2, 0) is 6.54 Å². The van der Waals surface area contributed by atoms with Gasteiger partial charge in [-0.1, -0.05) is 13.8 Å². The third-order valence-electron chi connectivity index (χ3n) is 3.57. The molecule has 112 valence electrons. The molecule has 0 atom stereocenters. The fourth-order valence-corrected chi connectivity index (χ4v) is 2.45. The van der Waals surface area contributed by atoms with Gasteiger partial charge in [0, 0.05) is 32.4 Å². The average Bonchev–Trinajstić information content (AvgIpc) is 2.90. The fourth-order valence-electron chi connectivity index (χ4n) is 2.45. The smallest absolute Gasteiger partial charge is 0.271 e. The molecule has 6 heteroatoms. The molecule has 0 radical (unpaired) electrons. The molecule has 0 spiro atoms. The molecule has 2 rings (SSSR count). The summed E-state index contributed by atoms with van der Waals surface area (Å²) >= 11 is 0. The van der Waals surface area contributed by atoms with E-state index in [-0.39, 0.29) is 5.91 Å². The molecule has 0 fully saturated rings. The van der Waals surface area contributed by atoms with Crippen molar-refractivity contribution in [1.29, 1.82) is 0 Å². The molecule has 0 saturated heterocycles. The van der Waals surface area contributed by atoms with Gasteiger partial charge in [-0.25, -0.2) is 4.98 Å². The highest BCUT2D eigenvalue weighted by molar-refractivity contribution is 5.92. The van der Waals surface area contributed by atoms with Crippen molar-refractivity contribution in [2.24, 2.45) is 0 Å². The number of fused-ring (bicyclic) bond motifs is 1. The van der Waals surface area contributed by atoms with Crippen LogP contribution in [0.5, 0.6) is 0 Å². The number of likely N-dealkylation sites (N-methyl/N-ethyl adjacent to an activating group) is 1. The number of nitrogens with zero attached hydrogens (tertiary/aromatic N) is 3. The maximum Gasteiger partial charge on any atom is 0.271 e. The Hall–Kier alpha value is -1.56. The summed E-state index contributed by atoms with van der Waals surface area (Å²) in [5.74, 6) is 0.726. The molecule has 0 unspecified atom stereocenters. The van der Waals surface area contributed by atoms with Gasteiger partial charge in [-0.3, -0.25) is 4.79 Å². The van der Waals surface area contributed by atoms with E-state index in [1.165, 1.54) is 0 Å². The number of carbonyl (C=O) groups is 1. The zero-order valence-corrected chi connectivity index (χ0v) is 12.5. The SMILES string of the molecule is CCCN(CC)CCNC(=O)c1cn2c(n1)NCCC2. The summed E-state index contributed by atoms with van der Waals surface area (Å²) in [6, 6.07) is 0. The van der Waals surface area contributed by atoms with Gasteiger partial charge < -0.3 is 20.1 Å². The third kappa shape index (κ3) is 3.72. The number of hydrogen-bond donors (Lipinski definition) is 2. The van der Waals surface area contributed by atoms with Crippen LogP contribution in [0, 0.1) is 0 Å². The number of nitrogens with one attached hydrogen (secondary N) is 2. The fraction of sp³-hybridized carbons (Fsp3) is 0.714. The first kappa shape index (κ1) is 14.8. The molecule has 2 N–H and O–H groups in total. The van der Waals surface area contributed by atoms with E-state index in [1.807, 2.05) is 10.8 Å². The van der Waals surface area contributed by atoms with Crippen molar-refractivity contribution in [2.75, 3.05) is 38.0 Å². The lowest BCUT2D eigenvalue weighted by Crippen LogP contribution is -2.35. The lowest BCUT2D eigenvalue weighted by Gasteiger charge is -2.19. The highest BCUT2D eigenvalue weighted by Crippen LogP contribution is 2.13. The highest BCUT2D eigenvalue weighted by Gasteiger charge is 2.16. The first-order valence-corrected chi connectivity index (χ1v) is 7.56. The minimum absolute atomic E-state index is 0.0822. The lowest BCUT2D eigenvalue weighted by atomic mass is 10.3. The second-order valence-electron chi connectivity index (χ2n) is 5.11. The van der Waals surface area contributed by atoms with E-state index in [9.17, 15) is 4.79 Å². The maximum absolute atomic E-state index is 12.1. The minimum atomic E-state index is -0.0822. The van der Waals surface area contributed by atoms with Gasteiger partial charge in [0.05, 0.1) is 0 Å². The molecule has 2 heterocycles. The van der Waals surface area contributed by atoms with Crippen molar-refractivity contribution in [3.8, 4) is 0 Å². The highest BCUT2D eigenvalue weighted by atomic mass is 16.1. The standard InChI is InChI=1S/C14H25N5O/c1-3-8-18(4-2)10-7-15-13(20)12-11-19-9-5-6-16-14(19)17-12/h11H,3-10H2,1-2H3,(H,15,20)(H,16,17). The predicted molar refractivity (Wildman–Crippen MR) is 80.1 cm³/mol. The van der Waals surface area contributed by atoms with Gasteiger partial charge in [0.25, 0.3) is 5.91 Å². The minimum Gasteiger partial charge on any atom is -0.356 e. The van der Waals surface area contributed by atoms with Crippen molar-refractivity contribution >= 4 is 11.9 Å². The Kier molecular flexibility index (Phi) is 5.40. The van der Waals surface area contributed by atoms with Crippen molar-refractivity contribution in [1.82, 2.24) is 19.8 Å². The Morgan fingerprint density at radius 1 is 1.50 bits per heavy atom. The Morgan fingerprint density at radius 2 is 2.35 bits per heavy atom. The van der Waals surface area contributed by atoms with Crippen LogP contribution < -0.4 is 10.6 Å². The van der Waals surface area contributed by atoms with Crippen molar-refractivity contribution in [2.45, 2.75) is 33.2 Å². The number of imidazole rings is 1. The lowest BCUT2D eigenvalue weighted by molar-refractivity contribution is 0.0944. The van der Waals surface area contributed by atoms with Crippen LogP contribution in [0.2, 0.25) is 0 Å². The summed E-state index contributed by atoms with van der Waals surface area (Å²) in [6.07, 6.45) is 4.05. The van der Waals surface area contributed by atoms with E-state index in [1.54, 1.807) is 0 Å². The molecule has 0 saturated carbocycles. The van der Waals surface area contributed by atoms with Gasteiger partial charge >= 0.3 is 0 Å². The summed E-state index contributed by atoms with van der Waals surface area (Å²) in [4.78, 5) is 18.7. The predicted octanol–water partition coefficient (Wildman–Crippen LogP) is 1.16. The topological polar surface area (TPSA) is 62.2 Å². The first-order valence-electron chi connectivity index (χ1n) is 7.56. The third-order valence-corrected chi connectivity index (χ3v) is 3.57. The molecule has 6 nitrogen and oxygen atoms in total. The van der Waals surface area contributed by atoms with E-state index in [4.69, 9.17) is 0 Å². The molecule has 1 amide bonds. The molecule has 0 aliphatic carbocycles. The van der Waals surface area contributed by atoms with Gasteiger partial charge in [0.1, 0.15) is 5.69 Å². The van der Waals surface area contributed by atoms with Gasteiger partial charge in [0.2, 0.25) is 5.95 Å². The monoisotopic (exact) mass is 279 g/mol. The molecular formula is C14H25N5O. The van der Waals surface area contributed by atoms with Crippen molar-refractivity contribution in [3.05, 3.63) is 11.9 Å². The number of anilines is 1. The summed E-state index contributed by atoms with van der Waals surface area (Å²) in [5, 5.41) is 6.15. The average molecular weight is 279 g/mol. The summed E-state index contributed by atoms with van der Waals surface area (Å²) < 4.78 is 2.01. The van der Waals surface area contributed by atoms with Gasteiger partial charge in [-0.05, 0) is 25.9 Å². The number of carbonyl (C=O) groups excluding carboxylic acids is 1. The second kappa shape index (κ2) is 7.28. The number of rotatable bonds is 7. The number of aryl methyl sites for hydroxylation is 1. The molecule has 1 aromatic heterocycles. The van der Waals surface area contributed by atoms with Crippen molar-refractivity contribution < 1.29 is 4.79 Å². The summed E-state index contributed by atoms with van der Waals surface area (Å²) in [7, 11) is 0. The largest absolute Gasteiger partial charge is 0.356 e. The van der Waals surface area contributed by atoms with Crippen LogP contribution in [-0.4, -0.2) is 53.1 Å². The van der Waals surface area contributed by atoms with E-state index < -0.39 is 0 Å². The Labute approximate surface area is 120 Å². The Morgan fingerprint density at radius 3 is 3.05 bits per heavy atom. The Bertz CT molecular complexity index is 419. The van der Waals surface area contributed by atoms with Crippen LogP contribution in [0.25, 0.3) is 0 Å². The molecule has 0 bridgehead atoms.